The fourth-order valence-corrected chi connectivity index (χ4v) is 6.18. The molecule has 11 nitrogen and oxygen atoms in total. The van der Waals surface area contributed by atoms with Crippen molar-refractivity contribution in [3.63, 3.8) is 0 Å². The summed E-state index contributed by atoms with van der Waals surface area (Å²) in [7, 11) is 0. The van der Waals surface area contributed by atoms with Crippen molar-refractivity contribution >= 4 is 29.3 Å². The number of ether oxygens (including phenoxy) is 2. The van der Waals surface area contributed by atoms with Crippen molar-refractivity contribution in [1.29, 1.82) is 5.53 Å². The highest BCUT2D eigenvalue weighted by molar-refractivity contribution is 6.30. The second-order valence-corrected chi connectivity index (χ2v) is 11.7. The van der Waals surface area contributed by atoms with Gasteiger partial charge in [-0.05, 0) is 48.2 Å². The molecule has 2 aliphatic heterocycles. The number of nitrogens with one attached hydrogen (secondary N) is 2. The summed E-state index contributed by atoms with van der Waals surface area (Å²) in [5, 5.41) is 16.5. The number of benzene rings is 2. The molecule has 2 aliphatic rings. The molecule has 3 aromatic rings. The maximum Gasteiger partial charge on any atom is 0.407 e. The molecule has 2 aromatic carbocycles. The van der Waals surface area contributed by atoms with Gasteiger partial charge in [0.2, 0.25) is 11.0 Å². The zero-order valence-corrected chi connectivity index (χ0v) is 25.2. The van der Waals surface area contributed by atoms with E-state index in [9.17, 15) is 23.5 Å². The van der Waals surface area contributed by atoms with Crippen molar-refractivity contribution in [3.8, 4) is 0 Å². The normalized spacial score (nSPS) is 18.8. The Morgan fingerprint density at radius 2 is 1.83 bits per heavy atom. The van der Waals surface area contributed by atoms with Gasteiger partial charge in [0.15, 0.2) is 0 Å². The molecule has 0 bridgehead atoms. The van der Waals surface area contributed by atoms with Gasteiger partial charge in [-0.15, -0.1) is 0 Å². The SMILES string of the molecule is N=[N+]=N[C@H](C(=O)Nc1cncc(F)c1CCC1CN(C(=O)O)CC2(CCOCC2)O1)[C@@H](c1ccc(Cl)cc1)c1cc(F)cc(F)c1. The average molecular weight is 660 g/mol. The molecule has 0 saturated carbocycles. The van der Waals surface area contributed by atoms with E-state index in [4.69, 9.17) is 26.6 Å². The first-order valence-electron chi connectivity index (χ1n) is 14.5. The quantitative estimate of drug-likeness (QED) is 0.198. The Morgan fingerprint density at radius 3 is 2.48 bits per heavy atom. The summed E-state index contributed by atoms with van der Waals surface area (Å²) in [6, 6.07) is 7.44. The molecule has 242 valence electrons. The van der Waals surface area contributed by atoms with E-state index in [1.807, 2.05) is 0 Å². The van der Waals surface area contributed by atoms with Gasteiger partial charge in [0, 0.05) is 48.6 Å². The Bertz CT molecular complexity index is 1620. The summed E-state index contributed by atoms with van der Waals surface area (Å²) < 4.78 is 55.7. The lowest BCUT2D eigenvalue weighted by Gasteiger charge is -2.47. The van der Waals surface area contributed by atoms with E-state index in [-0.39, 0.29) is 42.7 Å². The number of pyridine rings is 1. The Morgan fingerprint density at radius 1 is 1.13 bits per heavy atom. The molecule has 2 amide bonds. The number of amides is 2. The standard InChI is InChI=1S/C31H30ClF3N6O5/c32-20-3-1-18(2-4-20)27(19-11-21(33)13-22(34)12-19)28(39-40-36)29(42)38-26-15-37-14-25(35)24(26)6-5-23-16-41(30(43)44)17-31(46-23)7-9-45-10-8-31/h1-4,11-15,23,27-28,36H,5-10,16-17H2,(H-,38,42,43,44)/p+1/t23?,27-,28-/m0/s1. The van der Waals surface area contributed by atoms with Gasteiger partial charge in [-0.25, -0.2) is 18.0 Å². The average Bonchev–Trinajstić information content (AvgIpc) is 3.01. The third-order valence-electron chi connectivity index (χ3n) is 8.21. The van der Waals surface area contributed by atoms with Gasteiger partial charge in [0.05, 0.1) is 42.9 Å². The van der Waals surface area contributed by atoms with Gasteiger partial charge in [-0.3, -0.25) is 9.78 Å². The number of carboxylic acid groups (broad SMARTS) is 1. The van der Waals surface area contributed by atoms with Crippen LogP contribution in [0.15, 0.2) is 60.0 Å². The molecule has 2 fully saturated rings. The molecule has 0 aliphatic carbocycles. The van der Waals surface area contributed by atoms with Crippen LogP contribution in [0.4, 0.5) is 23.7 Å². The second kappa shape index (κ2) is 14.4. The van der Waals surface area contributed by atoms with Crippen LogP contribution in [0, 0.1) is 23.0 Å². The Hall–Kier alpha value is -4.36. The van der Waals surface area contributed by atoms with Crippen LogP contribution in [-0.2, 0) is 20.7 Å². The summed E-state index contributed by atoms with van der Waals surface area (Å²) in [5.41, 5.74) is 7.23. The highest BCUT2D eigenvalue weighted by Gasteiger charge is 2.43. The molecule has 3 atom stereocenters. The number of carbonyl (C=O) groups is 2. The predicted molar refractivity (Wildman–Crippen MR) is 159 cm³/mol. The number of halogens is 4. The van der Waals surface area contributed by atoms with E-state index in [0.717, 1.165) is 18.3 Å². The number of anilines is 1. The van der Waals surface area contributed by atoms with E-state index in [1.54, 1.807) is 12.1 Å². The first-order chi connectivity index (χ1) is 22.1. The van der Waals surface area contributed by atoms with Crippen molar-refractivity contribution in [2.45, 2.75) is 49.3 Å². The zero-order chi connectivity index (χ0) is 32.8. The first kappa shape index (κ1) is 33.0. The van der Waals surface area contributed by atoms with Crippen molar-refractivity contribution in [1.82, 2.24) is 14.8 Å². The Kier molecular flexibility index (Phi) is 10.3. The maximum atomic E-state index is 15.2. The van der Waals surface area contributed by atoms with Crippen molar-refractivity contribution in [2.24, 2.45) is 5.11 Å². The number of rotatable bonds is 9. The number of hydrogen-bond acceptors (Lipinski definition) is 7. The lowest BCUT2D eigenvalue weighted by molar-refractivity contribution is -0.184. The van der Waals surface area contributed by atoms with Crippen LogP contribution in [0.1, 0.15) is 41.9 Å². The van der Waals surface area contributed by atoms with Crippen molar-refractivity contribution < 1.29 is 37.3 Å². The van der Waals surface area contributed by atoms with E-state index < -0.39 is 53.1 Å². The minimum atomic E-state index is -1.52. The molecule has 46 heavy (non-hydrogen) atoms. The number of carbonyl (C=O) groups excluding carboxylic acids is 1. The fraction of sp³-hybridized carbons (Fsp3) is 0.387. The Balaban J connectivity index is 1.41. The highest BCUT2D eigenvalue weighted by atomic mass is 35.5. The topological polar surface area (TPSA) is 151 Å². The maximum absolute atomic E-state index is 15.2. The summed E-state index contributed by atoms with van der Waals surface area (Å²) in [6.07, 6.45) is 1.92. The molecule has 3 N–H and O–H groups in total. The van der Waals surface area contributed by atoms with Gasteiger partial charge in [-0.1, -0.05) is 23.7 Å². The van der Waals surface area contributed by atoms with Crippen LogP contribution in [0.5, 0.6) is 0 Å². The summed E-state index contributed by atoms with van der Waals surface area (Å²) in [4.78, 5) is 33.9. The van der Waals surface area contributed by atoms with E-state index in [1.165, 1.54) is 23.2 Å². The van der Waals surface area contributed by atoms with Crippen LogP contribution in [0.3, 0.4) is 0 Å². The van der Waals surface area contributed by atoms with Gasteiger partial charge in [0.1, 0.15) is 28.1 Å². The molecule has 2 saturated heterocycles. The molecule has 0 radical (unpaired) electrons. The number of morpholine rings is 1. The molecule has 1 spiro atoms. The summed E-state index contributed by atoms with van der Waals surface area (Å²) in [6.45, 7) is 1.17. The summed E-state index contributed by atoms with van der Waals surface area (Å²) in [5.74, 6) is -4.45. The van der Waals surface area contributed by atoms with Gasteiger partial charge < -0.3 is 24.8 Å². The number of aromatic nitrogens is 1. The molecule has 15 heteroatoms. The third-order valence-corrected chi connectivity index (χ3v) is 8.46. The van der Waals surface area contributed by atoms with Crippen LogP contribution >= 0.6 is 11.6 Å². The highest BCUT2D eigenvalue weighted by Crippen LogP contribution is 2.35. The van der Waals surface area contributed by atoms with Crippen molar-refractivity contribution in [3.05, 3.63) is 94.0 Å². The minimum Gasteiger partial charge on any atom is -0.465 e. The first-order valence-corrected chi connectivity index (χ1v) is 14.9. The smallest absolute Gasteiger partial charge is 0.407 e. The lowest BCUT2D eigenvalue weighted by Crippen LogP contribution is -2.58. The van der Waals surface area contributed by atoms with Crippen LogP contribution in [0.25, 0.3) is 0 Å². The lowest BCUT2D eigenvalue weighted by atomic mass is 9.84. The van der Waals surface area contributed by atoms with Crippen LogP contribution in [-0.4, -0.2) is 71.0 Å². The largest absolute Gasteiger partial charge is 0.465 e. The fourth-order valence-electron chi connectivity index (χ4n) is 6.05. The van der Waals surface area contributed by atoms with Gasteiger partial charge in [0.25, 0.3) is 5.91 Å². The minimum absolute atomic E-state index is 0.00198. The molecule has 1 aromatic heterocycles. The number of nitrogens with zero attached hydrogens (tertiary/aromatic N) is 4. The van der Waals surface area contributed by atoms with E-state index in [0.29, 0.717) is 42.7 Å². The van der Waals surface area contributed by atoms with Crippen LogP contribution in [0.2, 0.25) is 5.02 Å². The molecule has 3 heterocycles. The predicted octanol–water partition coefficient (Wildman–Crippen LogP) is 5.70. The zero-order valence-electron chi connectivity index (χ0n) is 24.5. The number of hydrogen-bond donors (Lipinski definition) is 3. The molecule has 1 unspecified atom stereocenters. The Labute approximate surface area is 266 Å². The molecular weight excluding hydrogens is 629 g/mol. The van der Waals surface area contributed by atoms with E-state index >= 15 is 4.39 Å². The van der Waals surface area contributed by atoms with Crippen LogP contribution < -0.4 is 10.2 Å². The molecule has 5 rings (SSSR count). The van der Waals surface area contributed by atoms with Gasteiger partial charge in [-0.2, -0.15) is 0 Å². The third kappa shape index (κ3) is 7.71. The second-order valence-electron chi connectivity index (χ2n) is 11.3. The van der Waals surface area contributed by atoms with E-state index in [2.05, 4.69) is 20.3 Å². The molecular formula is C31H31ClF3N6O5+. The monoisotopic (exact) mass is 659 g/mol. The summed E-state index contributed by atoms with van der Waals surface area (Å²) >= 11 is 6.05. The van der Waals surface area contributed by atoms with Crippen molar-refractivity contribution in [2.75, 3.05) is 31.6 Å². The van der Waals surface area contributed by atoms with Gasteiger partial charge >= 0.3 is 6.09 Å².